The summed E-state index contributed by atoms with van der Waals surface area (Å²) < 4.78 is 2.03. The lowest BCUT2D eigenvalue weighted by Crippen LogP contribution is -2.38. The third kappa shape index (κ3) is 5.15. The second-order valence-electron chi connectivity index (χ2n) is 6.46. The fourth-order valence-corrected chi connectivity index (χ4v) is 3.70. The Kier molecular flexibility index (Phi) is 7.26. The van der Waals surface area contributed by atoms with E-state index in [9.17, 15) is 0 Å². The maximum Gasteiger partial charge on any atom is 0.194 e. The largest absolute Gasteiger partial charge is 0.357 e. The molecule has 0 aliphatic heterocycles. The zero-order chi connectivity index (χ0) is 19.3. The van der Waals surface area contributed by atoms with Gasteiger partial charge in [0.25, 0.3) is 0 Å². The molecular formula is C20H24IN7S. The minimum Gasteiger partial charge on any atom is -0.357 e. The molecule has 0 unspecified atom stereocenters. The highest BCUT2D eigenvalue weighted by Crippen LogP contribution is 2.16. The average Bonchev–Trinajstić information content (AvgIpc) is 3.42. The van der Waals surface area contributed by atoms with Crippen LogP contribution >= 0.6 is 35.3 Å². The molecule has 3 heterocycles. The van der Waals surface area contributed by atoms with Crippen LogP contribution in [0.3, 0.4) is 0 Å². The van der Waals surface area contributed by atoms with E-state index in [1.165, 1.54) is 0 Å². The molecule has 0 saturated heterocycles. The summed E-state index contributed by atoms with van der Waals surface area (Å²) in [5.41, 5.74) is 3.10. The van der Waals surface area contributed by atoms with Crippen LogP contribution in [0.25, 0.3) is 16.2 Å². The number of aliphatic imine (C=N–C) groups is 1. The number of guanidine groups is 1. The van der Waals surface area contributed by atoms with Crippen LogP contribution in [0.5, 0.6) is 0 Å². The number of aromatic amines is 1. The molecule has 0 aliphatic rings. The molecule has 0 amide bonds. The first-order chi connectivity index (χ1) is 13.7. The van der Waals surface area contributed by atoms with Gasteiger partial charge in [-0.05, 0) is 12.5 Å². The first-order valence-corrected chi connectivity index (χ1v) is 10.1. The van der Waals surface area contributed by atoms with Gasteiger partial charge in [-0.2, -0.15) is 0 Å². The summed E-state index contributed by atoms with van der Waals surface area (Å²) >= 11 is 1.63. The first kappa shape index (κ1) is 21.3. The Balaban J connectivity index is 0.00000240. The van der Waals surface area contributed by atoms with E-state index >= 15 is 0 Å². The number of imidazole rings is 2. The van der Waals surface area contributed by atoms with E-state index in [1.54, 1.807) is 11.3 Å². The molecule has 0 radical (unpaired) electrons. The standard InChI is InChI=1S/C20H23N7S.HI/c1-3-21-19(23-11-16-13-27-9-10-28-20(27)24-16)26(2)14-18-22-12-17(25-18)15-7-5-4-6-8-15;/h4-10,12-13H,3,11,14H2,1-2H3,(H,21,23)(H,22,25);1H. The van der Waals surface area contributed by atoms with E-state index in [4.69, 9.17) is 4.99 Å². The molecular weight excluding hydrogens is 497 g/mol. The summed E-state index contributed by atoms with van der Waals surface area (Å²) in [6.45, 7) is 4.04. The van der Waals surface area contributed by atoms with Crippen LogP contribution in [0.1, 0.15) is 18.4 Å². The molecule has 9 heteroatoms. The van der Waals surface area contributed by atoms with E-state index in [0.29, 0.717) is 13.1 Å². The van der Waals surface area contributed by atoms with Gasteiger partial charge < -0.3 is 15.2 Å². The second-order valence-corrected chi connectivity index (χ2v) is 7.33. The maximum absolute atomic E-state index is 4.74. The molecule has 0 saturated carbocycles. The zero-order valence-electron chi connectivity index (χ0n) is 16.4. The molecule has 2 N–H and O–H groups in total. The quantitative estimate of drug-likeness (QED) is 0.229. The number of thiazole rings is 1. The van der Waals surface area contributed by atoms with Gasteiger partial charge in [0.2, 0.25) is 0 Å². The van der Waals surface area contributed by atoms with Crippen LogP contribution < -0.4 is 5.32 Å². The predicted molar refractivity (Wildman–Crippen MR) is 129 cm³/mol. The van der Waals surface area contributed by atoms with E-state index in [2.05, 4.69) is 44.2 Å². The van der Waals surface area contributed by atoms with Crippen molar-refractivity contribution >= 4 is 46.2 Å². The number of H-pyrrole nitrogens is 1. The lowest BCUT2D eigenvalue weighted by atomic mass is 10.2. The fourth-order valence-electron chi connectivity index (χ4n) is 2.98. The highest BCUT2D eigenvalue weighted by Gasteiger charge is 2.10. The number of fused-ring (bicyclic) bond motifs is 1. The van der Waals surface area contributed by atoms with Crippen molar-refractivity contribution in [2.75, 3.05) is 13.6 Å². The number of nitrogens with one attached hydrogen (secondary N) is 2. The van der Waals surface area contributed by atoms with Gasteiger partial charge in [-0.1, -0.05) is 30.3 Å². The first-order valence-electron chi connectivity index (χ1n) is 9.22. The summed E-state index contributed by atoms with van der Waals surface area (Å²) in [5, 5.41) is 5.37. The number of hydrogen-bond donors (Lipinski definition) is 2. The van der Waals surface area contributed by atoms with Crippen molar-refractivity contribution < 1.29 is 0 Å². The number of hydrogen-bond acceptors (Lipinski definition) is 4. The Morgan fingerprint density at radius 1 is 1.31 bits per heavy atom. The lowest BCUT2D eigenvalue weighted by Gasteiger charge is -2.20. The molecule has 152 valence electrons. The molecule has 1 aromatic carbocycles. The Morgan fingerprint density at radius 2 is 2.14 bits per heavy atom. The Morgan fingerprint density at radius 3 is 2.90 bits per heavy atom. The molecule has 3 aromatic heterocycles. The smallest absolute Gasteiger partial charge is 0.194 e. The van der Waals surface area contributed by atoms with Gasteiger partial charge in [0.1, 0.15) is 5.82 Å². The summed E-state index contributed by atoms with van der Waals surface area (Å²) in [7, 11) is 2.01. The van der Waals surface area contributed by atoms with Gasteiger partial charge in [0.15, 0.2) is 10.9 Å². The molecule has 0 bridgehead atoms. The van der Waals surface area contributed by atoms with Crippen LogP contribution in [-0.2, 0) is 13.1 Å². The van der Waals surface area contributed by atoms with Crippen molar-refractivity contribution in [2.45, 2.75) is 20.0 Å². The van der Waals surface area contributed by atoms with Crippen molar-refractivity contribution in [3.63, 3.8) is 0 Å². The molecule has 29 heavy (non-hydrogen) atoms. The van der Waals surface area contributed by atoms with Gasteiger partial charge >= 0.3 is 0 Å². The summed E-state index contributed by atoms with van der Waals surface area (Å²) in [5.74, 6) is 1.73. The van der Waals surface area contributed by atoms with Crippen LogP contribution in [0.15, 0.2) is 59.3 Å². The summed E-state index contributed by atoms with van der Waals surface area (Å²) in [6.07, 6.45) is 5.91. The topological polar surface area (TPSA) is 73.6 Å². The maximum atomic E-state index is 4.74. The number of aromatic nitrogens is 4. The van der Waals surface area contributed by atoms with Crippen molar-refractivity contribution in [3.05, 3.63) is 65.8 Å². The third-order valence-electron chi connectivity index (χ3n) is 4.33. The minimum atomic E-state index is 0. The average molecular weight is 521 g/mol. The van der Waals surface area contributed by atoms with Gasteiger partial charge in [-0.15, -0.1) is 35.3 Å². The monoisotopic (exact) mass is 521 g/mol. The second kappa shape index (κ2) is 9.88. The normalized spacial score (nSPS) is 11.4. The molecule has 0 atom stereocenters. The Hall–Kier alpha value is -2.40. The third-order valence-corrected chi connectivity index (χ3v) is 5.10. The summed E-state index contributed by atoms with van der Waals surface area (Å²) in [4.78, 5) is 20.3. The fraction of sp³-hybridized carbons (Fsp3) is 0.250. The van der Waals surface area contributed by atoms with Crippen molar-refractivity contribution in [2.24, 2.45) is 4.99 Å². The summed E-state index contributed by atoms with van der Waals surface area (Å²) in [6, 6.07) is 10.2. The van der Waals surface area contributed by atoms with E-state index in [-0.39, 0.29) is 24.0 Å². The van der Waals surface area contributed by atoms with Crippen LogP contribution in [-0.4, -0.2) is 43.8 Å². The van der Waals surface area contributed by atoms with Crippen LogP contribution in [0.2, 0.25) is 0 Å². The molecule has 0 aliphatic carbocycles. The van der Waals surface area contributed by atoms with Crippen LogP contribution in [0.4, 0.5) is 0 Å². The zero-order valence-corrected chi connectivity index (χ0v) is 19.5. The highest BCUT2D eigenvalue weighted by molar-refractivity contribution is 14.0. The van der Waals surface area contributed by atoms with E-state index < -0.39 is 0 Å². The van der Waals surface area contributed by atoms with Gasteiger partial charge in [0.05, 0.1) is 30.7 Å². The number of benzene rings is 1. The van der Waals surface area contributed by atoms with Crippen molar-refractivity contribution in [1.82, 2.24) is 29.6 Å². The highest BCUT2D eigenvalue weighted by atomic mass is 127. The molecule has 4 rings (SSSR count). The minimum absolute atomic E-state index is 0. The van der Waals surface area contributed by atoms with E-state index in [1.807, 2.05) is 53.6 Å². The molecule has 4 aromatic rings. The van der Waals surface area contributed by atoms with Crippen molar-refractivity contribution in [3.8, 4) is 11.3 Å². The number of halogens is 1. The van der Waals surface area contributed by atoms with Crippen molar-refractivity contribution in [1.29, 1.82) is 0 Å². The van der Waals surface area contributed by atoms with Gasteiger partial charge in [-0.25, -0.2) is 15.0 Å². The SMILES string of the molecule is CCNC(=NCc1cn2ccsc2n1)N(C)Cc1ncc(-c2ccccc2)[nH]1.I. The van der Waals surface area contributed by atoms with Crippen LogP contribution in [0, 0.1) is 0 Å². The van der Waals surface area contributed by atoms with Gasteiger partial charge in [-0.3, -0.25) is 4.40 Å². The molecule has 7 nitrogen and oxygen atoms in total. The Bertz CT molecular complexity index is 1040. The molecule has 0 fully saturated rings. The predicted octanol–water partition coefficient (Wildman–Crippen LogP) is 4.00. The number of rotatable bonds is 6. The molecule has 0 spiro atoms. The number of nitrogens with zero attached hydrogens (tertiary/aromatic N) is 5. The lowest BCUT2D eigenvalue weighted by molar-refractivity contribution is 0.464. The van der Waals surface area contributed by atoms with Gasteiger partial charge in [0, 0.05) is 31.4 Å². The van der Waals surface area contributed by atoms with E-state index in [0.717, 1.165) is 40.2 Å². The Labute approximate surface area is 190 Å².